The van der Waals surface area contributed by atoms with Crippen molar-refractivity contribution in [2.45, 2.75) is 44.2 Å². The highest BCUT2D eigenvalue weighted by Gasteiger charge is 2.15. The zero-order valence-corrected chi connectivity index (χ0v) is 13.3. The largest absolute Gasteiger partial charge is 0.378 e. The molecule has 1 saturated heterocycles. The summed E-state index contributed by atoms with van der Waals surface area (Å²) in [7, 11) is 0. The smallest absolute Gasteiger partial charge is 0.0576 e. The Hall–Kier alpha value is 0.160. The van der Waals surface area contributed by atoms with Crippen molar-refractivity contribution in [2.75, 3.05) is 6.61 Å². The Morgan fingerprint density at radius 2 is 2.33 bits per heavy atom. The molecule has 0 amide bonds. The van der Waals surface area contributed by atoms with E-state index in [4.69, 9.17) is 22.1 Å². The lowest BCUT2D eigenvalue weighted by molar-refractivity contribution is 0.101. The van der Waals surface area contributed by atoms with Crippen LogP contribution in [0.1, 0.15) is 43.7 Å². The van der Waals surface area contributed by atoms with Crippen LogP contribution >= 0.6 is 34.2 Å². The fraction of sp³-hybridized carbons (Fsp3) is 0.571. The van der Waals surface area contributed by atoms with Gasteiger partial charge in [0.2, 0.25) is 0 Å². The highest BCUT2D eigenvalue weighted by molar-refractivity contribution is 14.1. The van der Waals surface area contributed by atoms with Gasteiger partial charge < -0.3 is 10.5 Å². The molecule has 0 aromatic heterocycles. The van der Waals surface area contributed by atoms with Crippen molar-refractivity contribution in [3.63, 3.8) is 0 Å². The summed E-state index contributed by atoms with van der Waals surface area (Å²) in [5.41, 5.74) is 7.33. The first-order chi connectivity index (χ1) is 8.66. The van der Waals surface area contributed by atoms with Gasteiger partial charge in [0, 0.05) is 16.2 Å². The summed E-state index contributed by atoms with van der Waals surface area (Å²) in [6.45, 7) is 0.934. The summed E-state index contributed by atoms with van der Waals surface area (Å²) >= 11 is 8.34. The van der Waals surface area contributed by atoms with Crippen LogP contribution in [0.5, 0.6) is 0 Å². The van der Waals surface area contributed by atoms with Crippen LogP contribution in [-0.2, 0) is 4.74 Å². The van der Waals surface area contributed by atoms with E-state index in [1.54, 1.807) is 0 Å². The molecule has 1 heterocycles. The van der Waals surface area contributed by atoms with Crippen LogP contribution in [0.2, 0.25) is 5.02 Å². The molecule has 1 aromatic carbocycles. The highest BCUT2D eigenvalue weighted by atomic mass is 127. The first-order valence-electron chi connectivity index (χ1n) is 6.49. The minimum absolute atomic E-state index is 0.0842. The van der Waals surface area contributed by atoms with Gasteiger partial charge in [-0.15, -0.1) is 0 Å². The fourth-order valence-electron chi connectivity index (χ4n) is 2.35. The molecule has 100 valence electrons. The van der Waals surface area contributed by atoms with Gasteiger partial charge in [-0.1, -0.05) is 17.7 Å². The van der Waals surface area contributed by atoms with Gasteiger partial charge in [0.1, 0.15) is 0 Å². The lowest BCUT2D eigenvalue weighted by Crippen LogP contribution is -2.12. The van der Waals surface area contributed by atoms with Crippen LogP contribution in [0.25, 0.3) is 0 Å². The molecule has 2 unspecified atom stereocenters. The number of hydrogen-bond donors (Lipinski definition) is 1. The molecule has 2 nitrogen and oxygen atoms in total. The molecular formula is C14H19ClINO. The molecule has 0 saturated carbocycles. The van der Waals surface area contributed by atoms with Crippen molar-refractivity contribution in [3.8, 4) is 0 Å². The Labute approximate surface area is 127 Å². The minimum atomic E-state index is 0.0842. The van der Waals surface area contributed by atoms with Crippen LogP contribution in [0, 0.1) is 3.57 Å². The van der Waals surface area contributed by atoms with E-state index in [1.165, 1.54) is 12.8 Å². The molecule has 4 heteroatoms. The number of nitrogens with two attached hydrogens (primary N) is 1. The predicted octanol–water partition coefficient (Wildman–Crippen LogP) is 4.29. The topological polar surface area (TPSA) is 35.2 Å². The standard InChI is InChI=1S/C14H19ClINO/c15-12-9-10(6-7-13(12)16)14(17)5-1-3-11-4-2-8-18-11/h6-7,9,11,14H,1-5,8,17H2. The maximum Gasteiger partial charge on any atom is 0.0576 e. The molecule has 18 heavy (non-hydrogen) atoms. The van der Waals surface area contributed by atoms with Crippen molar-refractivity contribution >= 4 is 34.2 Å². The molecule has 1 fully saturated rings. The third-order valence-electron chi connectivity index (χ3n) is 3.44. The SMILES string of the molecule is NC(CCCC1CCCO1)c1ccc(I)c(Cl)c1. The second-order valence-electron chi connectivity index (χ2n) is 4.85. The van der Waals surface area contributed by atoms with Gasteiger partial charge in [-0.25, -0.2) is 0 Å². The Morgan fingerprint density at radius 3 is 3.00 bits per heavy atom. The van der Waals surface area contributed by atoms with E-state index in [2.05, 4.69) is 28.7 Å². The molecule has 2 N–H and O–H groups in total. The third-order valence-corrected chi connectivity index (χ3v) is 5.01. The van der Waals surface area contributed by atoms with Gasteiger partial charge in [0.25, 0.3) is 0 Å². The average molecular weight is 380 g/mol. The van der Waals surface area contributed by atoms with Crippen molar-refractivity contribution in [1.82, 2.24) is 0 Å². The zero-order valence-electron chi connectivity index (χ0n) is 10.4. The highest BCUT2D eigenvalue weighted by Crippen LogP contribution is 2.25. The molecule has 2 atom stereocenters. The van der Waals surface area contributed by atoms with Gasteiger partial charge in [0.05, 0.1) is 11.1 Å². The molecule has 1 aromatic rings. The van der Waals surface area contributed by atoms with Crippen molar-refractivity contribution < 1.29 is 4.74 Å². The summed E-state index contributed by atoms with van der Waals surface area (Å²) in [6, 6.07) is 6.17. The van der Waals surface area contributed by atoms with Gasteiger partial charge in [0.15, 0.2) is 0 Å². The number of rotatable bonds is 5. The molecule has 0 aliphatic carbocycles. The second-order valence-corrected chi connectivity index (χ2v) is 6.42. The number of halogens is 2. The molecule has 2 rings (SSSR count). The first-order valence-corrected chi connectivity index (χ1v) is 7.94. The van der Waals surface area contributed by atoms with E-state index in [-0.39, 0.29) is 6.04 Å². The van der Waals surface area contributed by atoms with Crippen molar-refractivity contribution in [3.05, 3.63) is 32.4 Å². The summed E-state index contributed by atoms with van der Waals surface area (Å²) in [4.78, 5) is 0. The summed E-state index contributed by atoms with van der Waals surface area (Å²) in [6.07, 6.45) is 6.14. The normalized spacial score (nSPS) is 21.2. The molecule has 0 radical (unpaired) electrons. The van der Waals surface area contributed by atoms with E-state index < -0.39 is 0 Å². The Morgan fingerprint density at radius 1 is 1.50 bits per heavy atom. The maximum atomic E-state index is 6.20. The lowest BCUT2D eigenvalue weighted by Gasteiger charge is -2.14. The predicted molar refractivity (Wildman–Crippen MR) is 83.9 cm³/mol. The van der Waals surface area contributed by atoms with Crippen LogP contribution in [-0.4, -0.2) is 12.7 Å². The van der Waals surface area contributed by atoms with Crippen LogP contribution in [0.15, 0.2) is 18.2 Å². The average Bonchev–Trinajstić information content (AvgIpc) is 2.85. The maximum absolute atomic E-state index is 6.20. The minimum Gasteiger partial charge on any atom is -0.378 e. The van der Waals surface area contributed by atoms with E-state index in [1.807, 2.05) is 12.1 Å². The second kappa shape index (κ2) is 7.08. The van der Waals surface area contributed by atoms with Crippen LogP contribution < -0.4 is 5.73 Å². The lowest BCUT2D eigenvalue weighted by atomic mass is 10.00. The van der Waals surface area contributed by atoms with Crippen LogP contribution in [0.4, 0.5) is 0 Å². The number of ether oxygens (including phenoxy) is 1. The van der Waals surface area contributed by atoms with Crippen molar-refractivity contribution in [2.24, 2.45) is 5.73 Å². The molecule has 1 aliphatic rings. The van der Waals surface area contributed by atoms with Gasteiger partial charge in [-0.3, -0.25) is 0 Å². The molecule has 0 bridgehead atoms. The molecule has 0 spiro atoms. The number of hydrogen-bond acceptors (Lipinski definition) is 2. The van der Waals surface area contributed by atoms with E-state index in [0.717, 1.165) is 40.0 Å². The van der Waals surface area contributed by atoms with Gasteiger partial charge >= 0.3 is 0 Å². The van der Waals surface area contributed by atoms with E-state index in [0.29, 0.717) is 6.10 Å². The molecule has 1 aliphatic heterocycles. The summed E-state index contributed by atoms with van der Waals surface area (Å²) in [5, 5.41) is 0.794. The van der Waals surface area contributed by atoms with Crippen molar-refractivity contribution in [1.29, 1.82) is 0 Å². The van der Waals surface area contributed by atoms with E-state index in [9.17, 15) is 0 Å². The quantitative estimate of drug-likeness (QED) is 0.774. The monoisotopic (exact) mass is 379 g/mol. The third kappa shape index (κ3) is 4.08. The fourth-order valence-corrected chi connectivity index (χ4v) is 2.87. The van der Waals surface area contributed by atoms with E-state index >= 15 is 0 Å². The van der Waals surface area contributed by atoms with Crippen LogP contribution in [0.3, 0.4) is 0 Å². The molecular weight excluding hydrogens is 361 g/mol. The summed E-state index contributed by atoms with van der Waals surface area (Å²) in [5.74, 6) is 0. The summed E-state index contributed by atoms with van der Waals surface area (Å²) < 4.78 is 6.69. The number of benzene rings is 1. The zero-order chi connectivity index (χ0) is 13.0. The Balaban J connectivity index is 1.79. The van der Waals surface area contributed by atoms with Gasteiger partial charge in [-0.2, -0.15) is 0 Å². The Bertz CT molecular complexity index is 393. The first kappa shape index (κ1) is 14.6. The Kier molecular flexibility index (Phi) is 5.73. The van der Waals surface area contributed by atoms with Gasteiger partial charge in [-0.05, 0) is 72.4 Å².